The summed E-state index contributed by atoms with van der Waals surface area (Å²) in [5, 5.41) is 0. The Morgan fingerprint density at radius 1 is 0.568 bits per heavy atom. The van der Waals surface area contributed by atoms with Crippen molar-refractivity contribution >= 4 is 49.9 Å². The molecular formula is C24H28BClLiO10. The summed E-state index contributed by atoms with van der Waals surface area (Å²) in [6.07, 6.45) is 0. The molecule has 0 spiro atoms. The molecule has 2 aromatic rings. The number of alkyl halides is 1. The van der Waals surface area contributed by atoms with Crippen LogP contribution in [0.2, 0.25) is 0 Å². The van der Waals surface area contributed by atoms with Gasteiger partial charge in [0, 0.05) is 14.3 Å². The molecule has 0 aliphatic carbocycles. The van der Waals surface area contributed by atoms with Crippen molar-refractivity contribution in [2.45, 2.75) is 13.3 Å². The third kappa shape index (κ3) is 11.1. The topological polar surface area (TPSA) is 132 Å². The number of hydrogen-bond donors (Lipinski definition) is 0. The normalized spacial score (nSPS) is 8.81. The zero-order chi connectivity index (χ0) is 25.8. The molecule has 0 aromatic heterocycles. The molecular weight excluding hydrogens is 501 g/mol. The van der Waals surface area contributed by atoms with Gasteiger partial charge in [0.1, 0.15) is 0 Å². The van der Waals surface area contributed by atoms with Crippen LogP contribution in [0.5, 0.6) is 0 Å². The van der Waals surface area contributed by atoms with E-state index in [1.165, 1.54) is 59.8 Å². The van der Waals surface area contributed by atoms with Gasteiger partial charge in [0.05, 0.1) is 63.4 Å². The predicted molar refractivity (Wildman–Crippen MR) is 133 cm³/mol. The first-order chi connectivity index (χ1) is 16.1. The maximum Gasteiger partial charge on any atom is 1.00 e. The SMILES string of the molecule is C.COC(=O)c1cc(C(=O)OC)cc(C(=O)OC)c1.COC(=O)c1cc(CCl)cc(C(=O)OC)c1.[B].[H-].[Li+]. The van der Waals surface area contributed by atoms with Crippen molar-refractivity contribution in [2.75, 3.05) is 35.5 Å². The van der Waals surface area contributed by atoms with Crippen molar-refractivity contribution in [3.8, 4) is 0 Å². The van der Waals surface area contributed by atoms with Crippen LogP contribution in [0, 0.1) is 0 Å². The van der Waals surface area contributed by atoms with Crippen molar-refractivity contribution in [3.63, 3.8) is 0 Å². The van der Waals surface area contributed by atoms with Crippen LogP contribution in [-0.2, 0) is 29.6 Å². The first kappa shape index (κ1) is 38.3. The molecule has 2 rings (SSSR count). The number of methoxy groups -OCH3 is 5. The number of benzene rings is 2. The first-order valence-corrected chi connectivity index (χ1v) is 9.95. The maximum absolute atomic E-state index is 11.4. The van der Waals surface area contributed by atoms with Gasteiger partial charge < -0.3 is 25.1 Å². The third-order valence-corrected chi connectivity index (χ3v) is 4.49. The largest absolute Gasteiger partial charge is 1.00 e. The van der Waals surface area contributed by atoms with Crippen LogP contribution in [-0.4, -0.2) is 73.8 Å². The monoisotopic (exact) mass is 529 g/mol. The van der Waals surface area contributed by atoms with Crippen molar-refractivity contribution in [1.82, 2.24) is 0 Å². The predicted octanol–water partition coefficient (Wildman–Crippen LogP) is 0.417. The molecule has 10 nitrogen and oxygen atoms in total. The van der Waals surface area contributed by atoms with E-state index in [2.05, 4.69) is 23.7 Å². The van der Waals surface area contributed by atoms with Crippen LogP contribution < -0.4 is 18.9 Å². The molecule has 13 heteroatoms. The van der Waals surface area contributed by atoms with Gasteiger partial charge in [0.15, 0.2) is 0 Å². The van der Waals surface area contributed by atoms with Gasteiger partial charge in [0.25, 0.3) is 0 Å². The summed E-state index contributed by atoms with van der Waals surface area (Å²) in [5.74, 6) is -2.81. The van der Waals surface area contributed by atoms with Gasteiger partial charge in [-0.2, -0.15) is 0 Å². The number of carbonyl (C=O) groups excluding carboxylic acids is 5. The first-order valence-electron chi connectivity index (χ1n) is 9.42. The smallest absolute Gasteiger partial charge is 1.00 e. The second kappa shape index (κ2) is 18.9. The van der Waals surface area contributed by atoms with E-state index in [4.69, 9.17) is 11.6 Å². The molecule has 0 saturated carbocycles. The van der Waals surface area contributed by atoms with E-state index in [9.17, 15) is 24.0 Å². The van der Waals surface area contributed by atoms with Crippen LogP contribution in [0.25, 0.3) is 0 Å². The van der Waals surface area contributed by atoms with Crippen molar-refractivity contribution in [1.29, 1.82) is 0 Å². The Morgan fingerprint density at radius 3 is 0.919 bits per heavy atom. The fourth-order valence-electron chi connectivity index (χ4n) is 2.58. The Hall–Kier alpha value is -3.26. The Labute approximate surface area is 236 Å². The van der Waals surface area contributed by atoms with Gasteiger partial charge in [0.2, 0.25) is 0 Å². The zero-order valence-corrected chi connectivity index (χ0v) is 21.5. The fraction of sp³-hybridized carbons (Fsp3) is 0.292. The maximum atomic E-state index is 11.4. The summed E-state index contributed by atoms with van der Waals surface area (Å²) < 4.78 is 22.7. The Morgan fingerprint density at radius 2 is 0.757 bits per heavy atom. The van der Waals surface area contributed by atoms with Gasteiger partial charge >= 0.3 is 48.7 Å². The molecule has 0 unspecified atom stereocenters. The summed E-state index contributed by atoms with van der Waals surface area (Å²) in [4.78, 5) is 56.9. The minimum atomic E-state index is -0.661. The van der Waals surface area contributed by atoms with Crippen LogP contribution in [0.4, 0.5) is 0 Å². The van der Waals surface area contributed by atoms with E-state index < -0.39 is 29.8 Å². The third-order valence-electron chi connectivity index (χ3n) is 4.19. The molecule has 195 valence electrons. The Kier molecular flexibility index (Phi) is 19.6. The number of ether oxygens (including phenoxy) is 5. The van der Waals surface area contributed by atoms with Crippen LogP contribution in [0.3, 0.4) is 0 Å². The van der Waals surface area contributed by atoms with Gasteiger partial charge in [-0.05, 0) is 42.0 Å². The molecule has 2 aromatic carbocycles. The van der Waals surface area contributed by atoms with E-state index in [1.54, 1.807) is 12.1 Å². The van der Waals surface area contributed by atoms with Crippen LogP contribution in [0.1, 0.15) is 66.2 Å². The van der Waals surface area contributed by atoms with Crippen molar-refractivity contribution < 1.29 is 67.9 Å². The van der Waals surface area contributed by atoms with Crippen molar-refractivity contribution in [2.24, 2.45) is 0 Å². The van der Waals surface area contributed by atoms with Crippen LogP contribution in [0.15, 0.2) is 36.4 Å². The molecule has 0 amide bonds. The van der Waals surface area contributed by atoms with E-state index in [0.717, 1.165) is 0 Å². The summed E-state index contributed by atoms with van der Waals surface area (Å²) in [6.45, 7) is 0. The minimum absolute atomic E-state index is 0. The number of carbonyl (C=O) groups is 5. The standard InChI is InChI=1S/C12H12O6.C11H11ClO4.CH4.B.Li.H/c1-16-10(13)7-4-8(11(14)17-2)6-9(5-7)12(15)18-3;1-15-10(13)8-3-7(6-12)4-9(5-8)11(14)16-2;;;;/h4-6H,1-3H3;3-5H,6H2,1-2H3;1H4;;;/q;;;;+1;-1. The van der Waals surface area contributed by atoms with E-state index in [0.29, 0.717) is 5.56 Å². The number of esters is 5. The molecule has 37 heavy (non-hydrogen) atoms. The summed E-state index contributed by atoms with van der Waals surface area (Å²) in [5.41, 5.74) is 1.43. The summed E-state index contributed by atoms with van der Waals surface area (Å²) in [6, 6.07) is 8.41. The number of hydrogen-bond acceptors (Lipinski definition) is 10. The molecule has 0 fully saturated rings. The molecule has 3 radical (unpaired) electrons. The number of rotatable bonds is 6. The average molecular weight is 530 g/mol. The van der Waals surface area contributed by atoms with Gasteiger partial charge in [-0.15, -0.1) is 11.6 Å². The van der Waals surface area contributed by atoms with Crippen molar-refractivity contribution in [3.05, 3.63) is 69.8 Å². The average Bonchev–Trinajstić information content (AvgIpc) is 2.90. The molecule has 0 N–H and O–H groups in total. The minimum Gasteiger partial charge on any atom is -1.00 e. The Bertz CT molecular complexity index is 980. The van der Waals surface area contributed by atoms with Gasteiger partial charge in [-0.1, -0.05) is 7.43 Å². The summed E-state index contributed by atoms with van der Waals surface area (Å²) in [7, 11) is 6.14. The summed E-state index contributed by atoms with van der Waals surface area (Å²) >= 11 is 5.66. The molecule has 0 heterocycles. The number of halogens is 1. The van der Waals surface area contributed by atoms with E-state index >= 15 is 0 Å². The Balaban J connectivity index is -0.000000277. The van der Waals surface area contributed by atoms with Crippen LogP contribution >= 0.6 is 11.6 Å². The second-order valence-electron chi connectivity index (χ2n) is 6.31. The quantitative estimate of drug-likeness (QED) is 0.224. The zero-order valence-electron chi connectivity index (χ0n) is 21.7. The van der Waals surface area contributed by atoms with E-state index in [-0.39, 0.29) is 69.8 Å². The molecule has 0 aliphatic heterocycles. The van der Waals surface area contributed by atoms with Gasteiger partial charge in [-0.25, -0.2) is 24.0 Å². The molecule has 0 aliphatic rings. The molecule has 0 bridgehead atoms. The van der Waals surface area contributed by atoms with E-state index in [1.807, 2.05) is 0 Å². The van der Waals surface area contributed by atoms with Gasteiger partial charge in [-0.3, -0.25) is 0 Å². The second-order valence-corrected chi connectivity index (χ2v) is 6.58. The molecule has 0 atom stereocenters. The molecule has 0 saturated heterocycles. The fourth-order valence-corrected chi connectivity index (χ4v) is 2.73.